The third-order valence-corrected chi connectivity index (χ3v) is 4.36. The molecule has 20 heavy (non-hydrogen) atoms. The molecule has 0 aromatic heterocycles. The SMILES string of the molecule is CCCCCCCC1(C)C[C@@H](O)c2cc(Cl)ccc2O1. The quantitative estimate of drug-likeness (QED) is 0.724. The smallest absolute Gasteiger partial charge is 0.126 e. The zero-order valence-electron chi connectivity index (χ0n) is 12.5. The average molecular weight is 297 g/mol. The van der Waals surface area contributed by atoms with Gasteiger partial charge < -0.3 is 9.84 Å². The van der Waals surface area contributed by atoms with Gasteiger partial charge in [0, 0.05) is 17.0 Å². The number of rotatable bonds is 6. The molecule has 1 heterocycles. The van der Waals surface area contributed by atoms with Gasteiger partial charge in [0.2, 0.25) is 0 Å². The van der Waals surface area contributed by atoms with Crippen molar-refractivity contribution in [2.75, 3.05) is 0 Å². The number of hydrogen-bond acceptors (Lipinski definition) is 2. The third-order valence-electron chi connectivity index (χ3n) is 4.12. The van der Waals surface area contributed by atoms with Gasteiger partial charge in [0.15, 0.2) is 0 Å². The minimum Gasteiger partial charge on any atom is -0.487 e. The zero-order chi connectivity index (χ0) is 14.6. The highest BCUT2D eigenvalue weighted by atomic mass is 35.5. The second-order valence-electron chi connectivity index (χ2n) is 6.12. The van der Waals surface area contributed by atoms with Gasteiger partial charge in [-0.15, -0.1) is 0 Å². The van der Waals surface area contributed by atoms with Crippen LogP contribution in [0, 0.1) is 0 Å². The molecule has 1 aromatic rings. The number of aliphatic hydroxyl groups is 1. The average Bonchev–Trinajstić information content (AvgIpc) is 2.39. The predicted molar refractivity (Wildman–Crippen MR) is 83.4 cm³/mol. The Bertz CT molecular complexity index is 447. The Morgan fingerprint density at radius 2 is 2.05 bits per heavy atom. The molecule has 2 rings (SSSR count). The lowest BCUT2D eigenvalue weighted by molar-refractivity contribution is -0.00848. The van der Waals surface area contributed by atoms with Crippen molar-refractivity contribution in [3.8, 4) is 5.75 Å². The number of aliphatic hydroxyl groups excluding tert-OH is 1. The first-order valence-electron chi connectivity index (χ1n) is 7.70. The molecule has 112 valence electrons. The van der Waals surface area contributed by atoms with E-state index in [0.29, 0.717) is 11.4 Å². The van der Waals surface area contributed by atoms with E-state index in [1.54, 1.807) is 0 Å². The van der Waals surface area contributed by atoms with E-state index in [2.05, 4.69) is 13.8 Å². The highest BCUT2D eigenvalue weighted by molar-refractivity contribution is 6.30. The minimum atomic E-state index is -0.474. The topological polar surface area (TPSA) is 29.5 Å². The summed E-state index contributed by atoms with van der Waals surface area (Å²) in [5.41, 5.74) is 0.563. The lowest BCUT2D eigenvalue weighted by atomic mass is 9.86. The van der Waals surface area contributed by atoms with E-state index in [1.165, 1.54) is 25.7 Å². The molecule has 1 N–H and O–H groups in total. The summed E-state index contributed by atoms with van der Waals surface area (Å²) in [6, 6.07) is 5.50. The van der Waals surface area contributed by atoms with Gasteiger partial charge >= 0.3 is 0 Å². The molecule has 0 saturated heterocycles. The second-order valence-corrected chi connectivity index (χ2v) is 6.55. The van der Waals surface area contributed by atoms with E-state index in [-0.39, 0.29) is 5.60 Å². The summed E-state index contributed by atoms with van der Waals surface area (Å²) >= 11 is 5.98. The zero-order valence-corrected chi connectivity index (χ0v) is 13.2. The molecule has 1 aliphatic rings. The summed E-state index contributed by atoms with van der Waals surface area (Å²) in [4.78, 5) is 0. The van der Waals surface area contributed by atoms with Crippen LogP contribution in [0.2, 0.25) is 5.02 Å². The van der Waals surface area contributed by atoms with E-state index in [4.69, 9.17) is 16.3 Å². The molecule has 3 heteroatoms. The van der Waals surface area contributed by atoms with Crippen molar-refractivity contribution < 1.29 is 9.84 Å². The number of benzene rings is 1. The normalized spacial score (nSPS) is 25.1. The summed E-state index contributed by atoms with van der Waals surface area (Å²) < 4.78 is 6.13. The number of fused-ring (bicyclic) bond motifs is 1. The van der Waals surface area contributed by atoms with Crippen LogP contribution in [0.25, 0.3) is 0 Å². The van der Waals surface area contributed by atoms with Crippen molar-refractivity contribution >= 4 is 11.6 Å². The van der Waals surface area contributed by atoms with Crippen LogP contribution in [0.15, 0.2) is 18.2 Å². The Balaban J connectivity index is 1.96. The van der Waals surface area contributed by atoms with Crippen molar-refractivity contribution in [1.82, 2.24) is 0 Å². The summed E-state index contributed by atoms with van der Waals surface area (Å²) in [6.07, 6.45) is 7.44. The van der Waals surface area contributed by atoms with E-state index >= 15 is 0 Å². The minimum absolute atomic E-state index is 0.257. The first kappa shape index (κ1) is 15.7. The van der Waals surface area contributed by atoms with E-state index < -0.39 is 6.10 Å². The molecular formula is C17H25ClO2. The monoisotopic (exact) mass is 296 g/mol. The number of halogens is 1. The van der Waals surface area contributed by atoms with Crippen LogP contribution in [-0.4, -0.2) is 10.7 Å². The van der Waals surface area contributed by atoms with Crippen molar-refractivity contribution in [3.05, 3.63) is 28.8 Å². The van der Waals surface area contributed by atoms with Gasteiger partial charge in [0.05, 0.1) is 6.10 Å². The first-order valence-corrected chi connectivity index (χ1v) is 8.08. The van der Waals surface area contributed by atoms with Gasteiger partial charge in [-0.1, -0.05) is 44.2 Å². The molecule has 0 spiro atoms. The highest BCUT2D eigenvalue weighted by Crippen LogP contribution is 2.42. The van der Waals surface area contributed by atoms with Crippen LogP contribution in [0.3, 0.4) is 0 Å². The first-order chi connectivity index (χ1) is 9.54. The second kappa shape index (κ2) is 6.82. The molecule has 2 atom stereocenters. The maximum Gasteiger partial charge on any atom is 0.126 e. The van der Waals surface area contributed by atoms with Crippen LogP contribution >= 0.6 is 11.6 Å². The largest absolute Gasteiger partial charge is 0.487 e. The van der Waals surface area contributed by atoms with Gasteiger partial charge in [0.25, 0.3) is 0 Å². The Morgan fingerprint density at radius 3 is 2.80 bits per heavy atom. The molecule has 0 aliphatic carbocycles. The lowest BCUT2D eigenvalue weighted by Crippen LogP contribution is -2.38. The summed E-state index contributed by atoms with van der Waals surface area (Å²) in [5, 5.41) is 11.0. The molecule has 1 unspecified atom stereocenters. The van der Waals surface area contributed by atoms with Crippen LogP contribution < -0.4 is 4.74 Å². The van der Waals surface area contributed by atoms with Gasteiger partial charge in [-0.2, -0.15) is 0 Å². The Labute approximate surface area is 127 Å². The Kier molecular flexibility index (Phi) is 5.34. The van der Waals surface area contributed by atoms with Crippen LogP contribution in [-0.2, 0) is 0 Å². The summed E-state index contributed by atoms with van der Waals surface area (Å²) in [6.45, 7) is 4.33. The lowest BCUT2D eigenvalue weighted by Gasteiger charge is -2.38. The van der Waals surface area contributed by atoms with Crippen molar-refractivity contribution in [2.24, 2.45) is 0 Å². The third kappa shape index (κ3) is 3.89. The standard InChI is InChI=1S/C17H25ClO2/c1-3-4-5-6-7-10-17(2)12-15(19)14-11-13(18)8-9-16(14)20-17/h8-9,11,15,19H,3-7,10,12H2,1-2H3/t15-,17?/m1/s1. The van der Waals surface area contributed by atoms with Crippen molar-refractivity contribution in [3.63, 3.8) is 0 Å². The predicted octanol–water partition coefficient (Wildman–Crippen LogP) is 5.28. The van der Waals surface area contributed by atoms with Crippen molar-refractivity contribution in [2.45, 2.75) is 70.5 Å². The van der Waals surface area contributed by atoms with Crippen molar-refractivity contribution in [1.29, 1.82) is 0 Å². The maximum absolute atomic E-state index is 10.3. The number of ether oxygens (including phenoxy) is 1. The fourth-order valence-electron chi connectivity index (χ4n) is 2.95. The number of unbranched alkanes of at least 4 members (excludes halogenated alkanes) is 4. The fraction of sp³-hybridized carbons (Fsp3) is 0.647. The van der Waals surface area contributed by atoms with Gasteiger partial charge in [-0.05, 0) is 38.0 Å². The maximum atomic E-state index is 10.3. The van der Waals surface area contributed by atoms with Gasteiger partial charge in [-0.25, -0.2) is 0 Å². The molecule has 2 nitrogen and oxygen atoms in total. The molecule has 0 amide bonds. The number of hydrogen-bond donors (Lipinski definition) is 1. The van der Waals surface area contributed by atoms with Crippen LogP contribution in [0.5, 0.6) is 5.75 Å². The Morgan fingerprint density at radius 1 is 1.30 bits per heavy atom. The van der Waals surface area contributed by atoms with E-state index in [1.807, 2.05) is 18.2 Å². The van der Waals surface area contributed by atoms with Crippen LogP contribution in [0.4, 0.5) is 0 Å². The molecule has 0 bridgehead atoms. The Hall–Kier alpha value is -0.730. The van der Waals surface area contributed by atoms with E-state index in [9.17, 15) is 5.11 Å². The molecule has 0 fully saturated rings. The van der Waals surface area contributed by atoms with E-state index in [0.717, 1.165) is 24.2 Å². The summed E-state index contributed by atoms with van der Waals surface area (Å²) in [7, 11) is 0. The van der Waals surface area contributed by atoms with Crippen LogP contribution in [0.1, 0.15) is 70.5 Å². The van der Waals surface area contributed by atoms with Gasteiger partial charge in [-0.3, -0.25) is 0 Å². The highest BCUT2D eigenvalue weighted by Gasteiger charge is 2.36. The molecule has 1 aliphatic heterocycles. The van der Waals surface area contributed by atoms with Gasteiger partial charge in [0.1, 0.15) is 11.4 Å². The molecule has 0 saturated carbocycles. The molecule has 0 radical (unpaired) electrons. The molecular weight excluding hydrogens is 272 g/mol. The summed E-state index contributed by atoms with van der Waals surface area (Å²) in [5.74, 6) is 0.782. The molecule has 1 aromatic carbocycles. The fourth-order valence-corrected chi connectivity index (χ4v) is 3.13.